The zero-order chi connectivity index (χ0) is 13.8. The number of nitrogens with one attached hydrogen (secondary N) is 1. The van der Waals surface area contributed by atoms with E-state index in [1.807, 2.05) is 25.2 Å². The normalized spacial score (nSPS) is 12.6. The Bertz CT molecular complexity index is 555. The highest BCUT2D eigenvalue weighted by Gasteiger charge is 2.20. The fourth-order valence-corrected chi connectivity index (χ4v) is 2.56. The predicted octanol–water partition coefficient (Wildman–Crippen LogP) is 3.32. The Morgan fingerprint density at radius 2 is 2.26 bits per heavy atom. The molecule has 19 heavy (non-hydrogen) atoms. The van der Waals surface area contributed by atoms with Gasteiger partial charge in [0.25, 0.3) is 0 Å². The highest BCUT2D eigenvalue weighted by atomic mass is 79.9. The van der Waals surface area contributed by atoms with E-state index in [1.54, 1.807) is 10.9 Å². The van der Waals surface area contributed by atoms with Crippen molar-refractivity contribution in [2.24, 2.45) is 7.05 Å². The van der Waals surface area contributed by atoms with E-state index in [0.29, 0.717) is 0 Å². The van der Waals surface area contributed by atoms with Crippen molar-refractivity contribution in [3.63, 3.8) is 0 Å². The van der Waals surface area contributed by atoms with Crippen molar-refractivity contribution < 1.29 is 0 Å². The van der Waals surface area contributed by atoms with Gasteiger partial charge in [0.05, 0.1) is 17.9 Å². The number of hydrogen-bond donors (Lipinski definition) is 1. The van der Waals surface area contributed by atoms with Crippen molar-refractivity contribution in [1.82, 2.24) is 20.3 Å². The summed E-state index contributed by atoms with van der Waals surface area (Å²) in [7, 11) is 1.88. The van der Waals surface area contributed by atoms with Crippen molar-refractivity contribution in [3.05, 3.63) is 45.1 Å². The molecule has 0 bridgehead atoms. The van der Waals surface area contributed by atoms with Gasteiger partial charge in [0.15, 0.2) is 0 Å². The molecule has 0 aliphatic carbocycles. The Morgan fingerprint density at radius 1 is 1.47 bits per heavy atom. The fourth-order valence-electron chi connectivity index (χ4n) is 1.96. The zero-order valence-corrected chi connectivity index (χ0v) is 13.2. The first kappa shape index (κ1) is 14.5. The standard InChI is InChI=1S/C13H16BrClN4/c1-3-6-16-13(12-8-17-18-19(12)2)10-7-9(14)4-5-11(10)15/h4-5,7-8,13,16H,3,6H2,1-2H3. The summed E-state index contributed by atoms with van der Waals surface area (Å²) in [4.78, 5) is 0. The van der Waals surface area contributed by atoms with Gasteiger partial charge in [-0.2, -0.15) is 0 Å². The second kappa shape index (κ2) is 6.50. The molecule has 1 atom stereocenters. The van der Waals surface area contributed by atoms with Gasteiger partial charge < -0.3 is 5.32 Å². The van der Waals surface area contributed by atoms with Gasteiger partial charge in [0, 0.05) is 16.5 Å². The van der Waals surface area contributed by atoms with Crippen LogP contribution >= 0.6 is 27.5 Å². The molecule has 1 aromatic carbocycles. The van der Waals surface area contributed by atoms with Crippen LogP contribution in [-0.2, 0) is 7.05 Å². The van der Waals surface area contributed by atoms with E-state index >= 15 is 0 Å². The van der Waals surface area contributed by atoms with Crippen molar-refractivity contribution in [2.75, 3.05) is 6.54 Å². The van der Waals surface area contributed by atoms with Crippen LogP contribution in [0.4, 0.5) is 0 Å². The molecular formula is C13H16BrClN4. The molecule has 0 amide bonds. The first-order valence-corrected chi connectivity index (χ1v) is 7.33. The van der Waals surface area contributed by atoms with Crippen LogP contribution in [-0.4, -0.2) is 21.5 Å². The predicted molar refractivity (Wildman–Crippen MR) is 80.3 cm³/mol. The van der Waals surface area contributed by atoms with E-state index in [9.17, 15) is 0 Å². The number of hydrogen-bond acceptors (Lipinski definition) is 3. The minimum absolute atomic E-state index is 0.00931. The van der Waals surface area contributed by atoms with Crippen LogP contribution in [0.25, 0.3) is 0 Å². The molecule has 2 aromatic rings. The molecule has 102 valence electrons. The highest BCUT2D eigenvalue weighted by molar-refractivity contribution is 9.10. The van der Waals surface area contributed by atoms with E-state index in [2.05, 4.69) is 38.5 Å². The van der Waals surface area contributed by atoms with Crippen molar-refractivity contribution in [1.29, 1.82) is 0 Å². The quantitative estimate of drug-likeness (QED) is 0.905. The Balaban J connectivity index is 2.42. The molecular weight excluding hydrogens is 328 g/mol. The van der Waals surface area contributed by atoms with Gasteiger partial charge in [-0.05, 0) is 36.7 Å². The molecule has 6 heteroatoms. The average Bonchev–Trinajstić information content (AvgIpc) is 2.80. The van der Waals surface area contributed by atoms with Crippen LogP contribution in [0.2, 0.25) is 5.02 Å². The number of nitrogens with zero attached hydrogens (tertiary/aromatic N) is 3. The van der Waals surface area contributed by atoms with Crippen molar-refractivity contribution >= 4 is 27.5 Å². The first-order chi connectivity index (χ1) is 9.13. The summed E-state index contributed by atoms with van der Waals surface area (Å²) in [5.41, 5.74) is 2.02. The van der Waals surface area contributed by atoms with Crippen LogP contribution < -0.4 is 5.32 Å². The van der Waals surface area contributed by atoms with Gasteiger partial charge in [-0.1, -0.05) is 39.7 Å². The Morgan fingerprint density at radius 3 is 2.89 bits per heavy atom. The molecule has 1 unspecified atom stereocenters. The number of benzene rings is 1. The van der Waals surface area contributed by atoms with E-state index in [0.717, 1.165) is 33.7 Å². The lowest BCUT2D eigenvalue weighted by molar-refractivity contribution is 0.550. The largest absolute Gasteiger partial charge is 0.305 e. The van der Waals surface area contributed by atoms with Gasteiger partial charge in [-0.15, -0.1) is 5.10 Å². The number of halogens is 2. The molecule has 2 rings (SSSR count). The molecule has 0 saturated heterocycles. The summed E-state index contributed by atoms with van der Waals surface area (Å²) in [6.07, 6.45) is 2.82. The SMILES string of the molecule is CCCNC(c1cc(Br)ccc1Cl)c1cnnn1C. The summed E-state index contributed by atoms with van der Waals surface area (Å²) in [6, 6.07) is 5.85. The maximum Gasteiger partial charge on any atom is 0.0799 e. The summed E-state index contributed by atoms with van der Waals surface area (Å²) < 4.78 is 2.77. The summed E-state index contributed by atoms with van der Waals surface area (Å²) in [5.74, 6) is 0. The third kappa shape index (κ3) is 3.35. The Kier molecular flexibility index (Phi) is 4.96. The minimum Gasteiger partial charge on any atom is -0.305 e. The van der Waals surface area contributed by atoms with Crippen LogP contribution in [0.1, 0.15) is 30.6 Å². The van der Waals surface area contributed by atoms with Gasteiger partial charge in [-0.3, -0.25) is 4.68 Å². The molecule has 4 nitrogen and oxygen atoms in total. The fraction of sp³-hybridized carbons (Fsp3) is 0.385. The number of rotatable bonds is 5. The lowest BCUT2D eigenvalue weighted by atomic mass is 10.0. The molecule has 0 radical (unpaired) electrons. The monoisotopic (exact) mass is 342 g/mol. The van der Waals surface area contributed by atoms with E-state index in [-0.39, 0.29) is 6.04 Å². The van der Waals surface area contributed by atoms with E-state index in [1.165, 1.54) is 0 Å². The molecule has 0 fully saturated rings. The number of aryl methyl sites for hydroxylation is 1. The lowest BCUT2D eigenvalue weighted by Crippen LogP contribution is -2.25. The molecule has 0 spiro atoms. The van der Waals surface area contributed by atoms with Crippen LogP contribution in [0.5, 0.6) is 0 Å². The molecule has 1 aromatic heterocycles. The molecule has 1 N–H and O–H groups in total. The molecule has 1 heterocycles. The van der Waals surface area contributed by atoms with Gasteiger partial charge >= 0.3 is 0 Å². The topological polar surface area (TPSA) is 42.7 Å². The van der Waals surface area contributed by atoms with Gasteiger partial charge in [0.1, 0.15) is 0 Å². The van der Waals surface area contributed by atoms with Crippen molar-refractivity contribution in [3.8, 4) is 0 Å². The second-order valence-electron chi connectivity index (χ2n) is 4.34. The maximum atomic E-state index is 6.33. The summed E-state index contributed by atoms with van der Waals surface area (Å²) in [5, 5.41) is 12.2. The number of aromatic nitrogens is 3. The summed E-state index contributed by atoms with van der Waals surface area (Å²) in [6.45, 7) is 3.03. The maximum absolute atomic E-state index is 6.33. The third-order valence-corrected chi connectivity index (χ3v) is 3.75. The van der Waals surface area contributed by atoms with E-state index in [4.69, 9.17) is 11.6 Å². The lowest BCUT2D eigenvalue weighted by Gasteiger charge is -2.20. The van der Waals surface area contributed by atoms with E-state index < -0.39 is 0 Å². The highest BCUT2D eigenvalue weighted by Crippen LogP contribution is 2.30. The van der Waals surface area contributed by atoms with Crippen LogP contribution in [0.3, 0.4) is 0 Å². The van der Waals surface area contributed by atoms with Crippen LogP contribution in [0.15, 0.2) is 28.9 Å². The zero-order valence-electron chi connectivity index (χ0n) is 10.9. The smallest absolute Gasteiger partial charge is 0.0799 e. The molecule has 0 aliphatic rings. The van der Waals surface area contributed by atoms with Crippen molar-refractivity contribution in [2.45, 2.75) is 19.4 Å². The minimum atomic E-state index is -0.00931. The van der Waals surface area contributed by atoms with Gasteiger partial charge in [-0.25, -0.2) is 0 Å². The molecule has 0 saturated carbocycles. The second-order valence-corrected chi connectivity index (χ2v) is 5.66. The van der Waals surface area contributed by atoms with Gasteiger partial charge in [0.2, 0.25) is 0 Å². The van der Waals surface area contributed by atoms with Crippen LogP contribution in [0, 0.1) is 0 Å². The Hall–Kier alpha value is -0.910. The first-order valence-electron chi connectivity index (χ1n) is 6.16. The average molecular weight is 344 g/mol. The molecule has 0 aliphatic heterocycles. The third-order valence-electron chi connectivity index (χ3n) is 2.91. The Labute approximate surface area is 126 Å². The summed E-state index contributed by atoms with van der Waals surface area (Å²) >= 11 is 9.82.